The normalized spacial score (nSPS) is 16.1. The fraction of sp³-hybridized carbons (Fsp3) is 0.562. The highest BCUT2D eigenvalue weighted by Crippen LogP contribution is 2.22. The molecule has 0 bridgehead atoms. The molecule has 0 saturated carbocycles. The number of carbonyl (C=O) groups is 1. The predicted molar refractivity (Wildman–Crippen MR) is 87.7 cm³/mol. The molecule has 0 aromatic heterocycles. The van der Waals surface area contributed by atoms with Crippen LogP contribution in [0.25, 0.3) is 0 Å². The van der Waals surface area contributed by atoms with Gasteiger partial charge in [0.15, 0.2) is 0 Å². The first-order chi connectivity index (χ1) is 10.1. The maximum absolute atomic E-state index is 11.9. The summed E-state index contributed by atoms with van der Waals surface area (Å²) in [6.07, 6.45) is 5.50. The van der Waals surface area contributed by atoms with Gasteiger partial charge in [-0.15, -0.1) is 0 Å². The number of hydrogen-bond donors (Lipinski definition) is 3. The minimum Gasteiger partial charge on any atom is -0.395 e. The van der Waals surface area contributed by atoms with Crippen molar-refractivity contribution in [1.29, 1.82) is 0 Å². The lowest BCUT2D eigenvalue weighted by Crippen LogP contribution is -2.45. The number of carbonyl (C=O) groups excluding carboxylic acids is 1. The van der Waals surface area contributed by atoms with Crippen molar-refractivity contribution < 1.29 is 9.90 Å². The van der Waals surface area contributed by atoms with Gasteiger partial charge < -0.3 is 15.7 Å². The molecule has 3 N–H and O–H groups in total. The SMILES string of the molecule is CSC(CO)C(C)NC(=O)NCc1ccc2c(c1)CCC2. The molecule has 116 valence electrons. The number of nitrogens with one attached hydrogen (secondary N) is 2. The lowest BCUT2D eigenvalue weighted by atomic mass is 10.1. The molecule has 0 fully saturated rings. The second kappa shape index (κ2) is 7.71. The molecule has 1 aromatic rings. The van der Waals surface area contributed by atoms with E-state index in [1.165, 1.54) is 24.0 Å². The second-order valence-electron chi connectivity index (χ2n) is 5.53. The minimum absolute atomic E-state index is 0.0238. The molecule has 1 aliphatic carbocycles. The van der Waals surface area contributed by atoms with Gasteiger partial charge in [0.25, 0.3) is 0 Å². The molecule has 2 rings (SSSR count). The summed E-state index contributed by atoms with van der Waals surface area (Å²) in [5.74, 6) is 0. The Labute approximate surface area is 130 Å². The topological polar surface area (TPSA) is 61.4 Å². The molecule has 0 radical (unpaired) electrons. The molecule has 0 aliphatic heterocycles. The number of benzene rings is 1. The number of rotatable bonds is 6. The predicted octanol–water partition coefficient (Wildman–Crippen LogP) is 2.09. The molecular weight excluding hydrogens is 284 g/mol. The van der Waals surface area contributed by atoms with Gasteiger partial charge in [0.05, 0.1) is 6.61 Å². The van der Waals surface area contributed by atoms with Crippen molar-refractivity contribution in [3.05, 3.63) is 34.9 Å². The Kier molecular flexibility index (Phi) is 5.94. The van der Waals surface area contributed by atoms with Crippen molar-refractivity contribution in [2.75, 3.05) is 12.9 Å². The van der Waals surface area contributed by atoms with Crippen LogP contribution in [-0.2, 0) is 19.4 Å². The average molecular weight is 308 g/mol. The van der Waals surface area contributed by atoms with Gasteiger partial charge >= 0.3 is 6.03 Å². The van der Waals surface area contributed by atoms with E-state index in [1.54, 1.807) is 11.8 Å². The van der Waals surface area contributed by atoms with Gasteiger partial charge in [-0.3, -0.25) is 0 Å². The first-order valence-corrected chi connectivity index (χ1v) is 8.71. The summed E-state index contributed by atoms with van der Waals surface area (Å²) < 4.78 is 0. The number of fused-ring (bicyclic) bond motifs is 1. The van der Waals surface area contributed by atoms with Gasteiger partial charge in [-0.1, -0.05) is 18.2 Å². The van der Waals surface area contributed by atoms with E-state index in [0.717, 1.165) is 12.0 Å². The molecule has 2 unspecified atom stereocenters. The number of amides is 2. The van der Waals surface area contributed by atoms with Crippen LogP contribution in [0.2, 0.25) is 0 Å². The lowest BCUT2D eigenvalue weighted by molar-refractivity contribution is 0.232. The minimum atomic E-state index is -0.185. The molecule has 21 heavy (non-hydrogen) atoms. The number of aliphatic hydroxyl groups excluding tert-OH is 1. The van der Waals surface area contributed by atoms with Crippen LogP contribution >= 0.6 is 11.8 Å². The van der Waals surface area contributed by atoms with Crippen molar-refractivity contribution in [1.82, 2.24) is 10.6 Å². The summed E-state index contributed by atoms with van der Waals surface area (Å²) in [6, 6.07) is 6.21. The molecule has 1 aliphatic rings. The van der Waals surface area contributed by atoms with E-state index in [1.807, 2.05) is 13.2 Å². The fourth-order valence-electron chi connectivity index (χ4n) is 2.71. The van der Waals surface area contributed by atoms with Crippen molar-refractivity contribution in [2.24, 2.45) is 0 Å². The standard InChI is InChI=1S/C16H24N2O2S/c1-11(15(10-19)21-2)18-16(20)17-9-12-6-7-13-4-3-5-14(13)8-12/h6-8,11,15,19H,3-5,9-10H2,1-2H3,(H2,17,18,20). The summed E-state index contributed by atoms with van der Waals surface area (Å²) >= 11 is 1.56. The quantitative estimate of drug-likeness (QED) is 0.754. The third-order valence-corrected chi connectivity index (χ3v) is 5.18. The Morgan fingerprint density at radius 3 is 2.86 bits per heavy atom. The van der Waals surface area contributed by atoms with Crippen LogP contribution < -0.4 is 10.6 Å². The molecule has 0 saturated heterocycles. The van der Waals surface area contributed by atoms with E-state index in [-0.39, 0.29) is 23.9 Å². The molecule has 1 aromatic carbocycles. The van der Waals surface area contributed by atoms with E-state index < -0.39 is 0 Å². The first-order valence-electron chi connectivity index (χ1n) is 7.42. The highest BCUT2D eigenvalue weighted by Gasteiger charge is 2.17. The summed E-state index contributed by atoms with van der Waals surface area (Å²) in [7, 11) is 0. The Bertz CT molecular complexity index is 489. The van der Waals surface area contributed by atoms with Crippen LogP contribution in [0, 0.1) is 0 Å². The van der Waals surface area contributed by atoms with Crippen LogP contribution in [0.5, 0.6) is 0 Å². The fourth-order valence-corrected chi connectivity index (χ4v) is 3.33. The van der Waals surface area contributed by atoms with E-state index in [9.17, 15) is 9.90 Å². The van der Waals surface area contributed by atoms with Crippen LogP contribution in [0.15, 0.2) is 18.2 Å². The van der Waals surface area contributed by atoms with Gasteiger partial charge in [-0.05, 0) is 49.1 Å². The largest absolute Gasteiger partial charge is 0.395 e. The van der Waals surface area contributed by atoms with E-state index in [4.69, 9.17) is 0 Å². The molecule has 2 atom stereocenters. The maximum atomic E-state index is 11.9. The van der Waals surface area contributed by atoms with Gasteiger partial charge in [-0.25, -0.2) is 4.79 Å². The monoisotopic (exact) mass is 308 g/mol. The third-order valence-electron chi connectivity index (χ3n) is 4.02. The zero-order valence-electron chi connectivity index (χ0n) is 12.7. The van der Waals surface area contributed by atoms with E-state index in [0.29, 0.717) is 6.54 Å². The highest BCUT2D eigenvalue weighted by atomic mass is 32.2. The van der Waals surface area contributed by atoms with Crippen molar-refractivity contribution >= 4 is 17.8 Å². The Morgan fingerprint density at radius 1 is 1.38 bits per heavy atom. The van der Waals surface area contributed by atoms with Crippen LogP contribution in [0.4, 0.5) is 4.79 Å². The highest BCUT2D eigenvalue weighted by molar-refractivity contribution is 7.99. The van der Waals surface area contributed by atoms with Gasteiger partial charge in [0.1, 0.15) is 0 Å². The Hall–Kier alpha value is -1.20. The zero-order chi connectivity index (χ0) is 15.2. The number of thioether (sulfide) groups is 1. The van der Waals surface area contributed by atoms with Crippen molar-refractivity contribution in [3.8, 4) is 0 Å². The van der Waals surface area contributed by atoms with Gasteiger partial charge in [0, 0.05) is 17.8 Å². The van der Waals surface area contributed by atoms with Crippen molar-refractivity contribution in [3.63, 3.8) is 0 Å². The Morgan fingerprint density at radius 2 is 2.14 bits per heavy atom. The number of hydrogen-bond acceptors (Lipinski definition) is 3. The number of aliphatic hydroxyl groups is 1. The van der Waals surface area contributed by atoms with Crippen molar-refractivity contribution in [2.45, 2.75) is 44.0 Å². The van der Waals surface area contributed by atoms with E-state index >= 15 is 0 Å². The van der Waals surface area contributed by atoms with Crippen LogP contribution in [-0.4, -0.2) is 35.3 Å². The van der Waals surface area contributed by atoms with Gasteiger partial charge in [-0.2, -0.15) is 11.8 Å². The smallest absolute Gasteiger partial charge is 0.315 e. The summed E-state index contributed by atoms with van der Waals surface area (Å²) in [6.45, 7) is 2.51. The average Bonchev–Trinajstić information content (AvgIpc) is 2.93. The molecule has 5 heteroatoms. The molecule has 0 spiro atoms. The first kappa shape index (κ1) is 16.2. The third kappa shape index (κ3) is 4.38. The molecule has 0 heterocycles. The molecule has 2 amide bonds. The lowest BCUT2D eigenvalue weighted by Gasteiger charge is -2.21. The number of urea groups is 1. The summed E-state index contributed by atoms with van der Waals surface area (Å²) in [4.78, 5) is 11.9. The zero-order valence-corrected chi connectivity index (χ0v) is 13.5. The van der Waals surface area contributed by atoms with Crippen LogP contribution in [0.1, 0.15) is 30.0 Å². The Balaban J connectivity index is 1.81. The summed E-state index contributed by atoms with van der Waals surface area (Å²) in [5, 5.41) is 15.0. The number of aryl methyl sites for hydroxylation is 2. The van der Waals surface area contributed by atoms with Gasteiger partial charge in [0.2, 0.25) is 0 Å². The van der Waals surface area contributed by atoms with E-state index in [2.05, 4.69) is 28.8 Å². The van der Waals surface area contributed by atoms with Crippen LogP contribution in [0.3, 0.4) is 0 Å². The summed E-state index contributed by atoms with van der Waals surface area (Å²) in [5.41, 5.74) is 4.01. The maximum Gasteiger partial charge on any atom is 0.315 e. The molecular formula is C16H24N2O2S. The second-order valence-corrected chi connectivity index (χ2v) is 6.61. The molecule has 4 nitrogen and oxygen atoms in total.